The molecule has 5 N–H and O–H groups in total. The van der Waals surface area contributed by atoms with Gasteiger partial charge in [0.15, 0.2) is 0 Å². The Balaban J connectivity index is 0. The Hall–Kier alpha value is -0.320. The van der Waals surface area contributed by atoms with Crippen LogP contribution in [0.4, 0.5) is 0 Å². The summed E-state index contributed by atoms with van der Waals surface area (Å²) in [5.74, 6) is -0.971. The second-order valence-corrected chi connectivity index (χ2v) is 2.61. The second kappa shape index (κ2) is 5.35. The van der Waals surface area contributed by atoms with Gasteiger partial charge in [-0.05, 0) is 26.3 Å². The Labute approximate surface area is 72.4 Å². The minimum atomic E-state index is -1.11. The van der Waals surface area contributed by atoms with Crippen LogP contribution in [0.15, 0.2) is 0 Å². The zero-order valence-electron chi connectivity index (χ0n) is 6.54. The van der Waals surface area contributed by atoms with E-state index < -0.39 is 11.5 Å². The fourth-order valence-corrected chi connectivity index (χ4v) is 0.576. The van der Waals surface area contributed by atoms with E-state index >= 15 is 0 Å². The maximum absolute atomic E-state index is 10.4. The molecule has 1 unspecified atom stereocenters. The molecule has 0 amide bonds. The van der Waals surface area contributed by atoms with Crippen molar-refractivity contribution in [3.05, 3.63) is 0 Å². The molecule has 0 aliphatic heterocycles. The van der Waals surface area contributed by atoms with Gasteiger partial charge >= 0.3 is 5.97 Å². The Kier molecular flexibility index (Phi) is 6.46. The zero-order chi connectivity index (χ0) is 8.20. The Bertz CT molecular complexity index is 128. The van der Waals surface area contributed by atoms with E-state index in [9.17, 15) is 4.79 Å². The summed E-state index contributed by atoms with van der Waals surface area (Å²) in [5.41, 5.74) is 9.47. The highest BCUT2D eigenvalue weighted by atomic mass is 35.5. The second-order valence-electron chi connectivity index (χ2n) is 2.61. The maximum atomic E-state index is 10.4. The molecule has 5 heteroatoms. The summed E-state index contributed by atoms with van der Waals surface area (Å²) < 4.78 is 0. The molecule has 0 radical (unpaired) electrons. The van der Waals surface area contributed by atoms with Crippen molar-refractivity contribution in [1.82, 2.24) is 0 Å². The molecule has 4 nitrogen and oxygen atoms in total. The van der Waals surface area contributed by atoms with Gasteiger partial charge in [0.2, 0.25) is 0 Å². The lowest BCUT2D eigenvalue weighted by molar-refractivity contribution is -0.142. The molecule has 0 heterocycles. The van der Waals surface area contributed by atoms with E-state index in [2.05, 4.69) is 0 Å². The number of carboxylic acids is 1. The van der Waals surface area contributed by atoms with Crippen LogP contribution in [0.25, 0.3) is 0 Å². The van der Waals surface area contributed by atoms with Gasteiger partial charge in [0.25, 0.3) is 0 Å². The van der Waals surface area contributed by atoms with Gasteiger partial charge in [0, 0.05) is 0 Å². The van der Waals surface area contributed by atoms with Crippen LogP contribution in [-0.2, 0) is 4.79 Å². The number of nitrogens with two attached hydrogens (primary N) is 2. The first-order valence-corrected chi connectivity index (χ1v) is 3.23. The van der Waals surface area contributed by atoms with Gasteiger partial charge in [-0.15, -0.1) is 12.4 Å². The Morgan fingerprint density at radius 1 is 1.64 bits per heavy atom. The molecule has 0 aliphatic carbocycles. The Morgan fingerprint density at radius 3 is 2.36 bits per heavy atom. The van der Waals surface area contributed by atoms with Crippen LogP contribution in [0.5, 0.6) is 0 Å². The first-order valence-electron chi connectivity index (χ1n) is 3.23. The van der Waals surface area contributed by atoms with E-state index in [1.54, 1.807) is 0 Å². The molecule has 0 fully saturated rings. The van der Waals surface area contributed by atoms with Crippen molar-refractivity contribution in [2.45, 2.75) is 25.3 Å². The van der Waals surface area contributed by atoms with Crippen LogP contribution >= 0.6 is 12.4 Å². The van der Waals surface area contributed by atoms with Crippen molar-refractivity contribution in [3.63, 3.8) is 0 Å². The summed E-state index contributed by atoms with van der Waals surface area (Å²) in [6.07, 6.45) is 1.08. The van der Waals surface area contributed by atoms with Crippen molar-refractivity contribution in [3.8, 4) is 0 Å². The van der Waals surface area contributed by atoms with Crippen LogP contribution < -0.4 is 11.5 Å². The fraction of sp³-hybridized carbons (Fsp3) is 0.833. The highest BCUT2D eigenvalue weighted by Crippen LogP contribution is 2.07. The SMILES string of the molecule is Cl.[11CH3]C(N)(CCCN)C(=O)O. The third-order valence-corrected chi connectivity index (χ3v) is 1.39. The summed E-state index contributed by atoms with van der Waals surface area (Å²) in [4.78, 5) is 10.4. The number of carboxylic acid groups (broad SMARTS) is 1. The monoisotopic (exact) mass is 181 g/mol. The topological polar surface area (TPSA) is 89.3 Å². The summed E-state index contributed by atoms with van der Waals surface area (Å²) in [6.45, 7) is 1.98. The summed E-state index contributed by atoms with van der Waals surface area (Å²) in [6, 6.07) is 0. The van der Waals surface area contributed by atoms with E-state index in [1.807, 2.05) is 0 Å². The number of rotatable bonds is 4. The minimum absolute atomic E-state index is 0. The van der Waals surface area contributed by atoms with Crippen molar-refractivity contribution >= 4 is 18.4 Å². The summed E-state index contributed by atoms with van der Waals surface area (Å²) in [7, 11) is 0. The molecule has 0 aromatic heterocycles. The normalized spacial score (nSPS) is 14.8. The average molecular weight is 182 g/mol. The van der Waals surface area contributed by atoms with Gasteiger partial charge < -0.3 is 16.6 Å². The number of hydrogen-bond donors (Lipinski definition) is 3. The number of carbonyl (C=O) groups is 1. The molecule has 0 saturated heterocycles. The lowest BCUT2D eigenvalue weighted by Gasteiger charge is -2.17. The molecular formula is C6H15ClN2O2. The first-order chi connectivity index (χ1) is 4.50. The Morgan fingerprint density at radius 2 is 2.09 bits per heavy atom. The number of hydrogen-bond acceptors (Lipinski definition) is 3. The molecular weight excluding hydrogens is 167 g/mol. The minimum Gasteiger partial charge on any atom is -0.480 e. The average Bonchev–Trinajstić information content (AvgIpc) is 1.84. The molecule has 11 heavy (non-hydrogen) atoms. The van der Waals surface area contributed by atoms with Crippen LogP contribution in [0.1, 0.15) is 19.8 Å². The van der Waals surface area contributed by atoms with Crippen LogP contribution in [-0.4, -0.2) is 23.2 Å². The lowest BCUT2D eigenvalue weighted by atomic mass is 9.81. The third-order valence-electron chi connectivity index (χ3n) is 1.39. The molecule has 1 atom stereocenters. The van der Waals surface area contributed by atoms with Crippen molar-refractivity contribution in [1.29, 1.82) is 0 Å². The first kappa shape index (κ1) is 13.3. The van der Waals surface area contributed by atoms with E-state index in [1.165, 1.54) is 6.92 Å². The van der Waals surface area contributed by atoms with Gasteiger partial charge in [-0.3, -0.25) is 4.79 Å². The molecule has 0 aromatic carbocycles. The number of aliphatic carboxylic acids is 1. The molecule has 0 aromatic rings. The predicted molar refractivity (Wildman–Crippen MR) is 45.8 cm³/mol. The van der Waals surface area contributed by atoms with Crippen LogP contribution in [0, 0.1) is 0 Å². The van der Waals surface area contributed by atoms with E-state index in [4.69, 9.17) is 16.6 Å². The van der Waals surface area contributed by atoms with E-state index in [0.717, 1.165) is 0 Å². The van der Waals surface area contributed by atoms with Gasteiger partial charge in [-0.2, -0.15) is 0 Å². The smallest absolute Gasteiger partial charge is 0.323 e. The van der Waals surface area contributed by atoms with Gasteiger partial charge in [0.05, 0.1) is 0 Å². The highest BCUT2D eigenvalue weighted by molar-refractivity contribution is 5.85. The van der Waals surface area contributed by atoms with Gasteiger partial charge in [-0.1, -0.05) is 0 Å². The predicted octanol–water partition coefficient (Wildman–Crippen LogP) is -0.0509. The number of halogens is 1. The third kappa shape index (κ3) is 5.01. The van der Waals surface area contributed by atoms with Crippen LogP contribution in [0.3, 0.4) is 0 Å². The summed E-state index contributed by atoms with van der Waals surface area (Å²) >= 11 is 0. The largest absolute Gasteiger partial charge is 0.480 e. The molecule has 0 rings (SSSR count). The molecule has 0 aliphatic rings. The van der Waals surface area contributed by atoms with E-state index in [0.29, 0.717) is 19.4 Å². The van der Waals surface area contributed by atoms with Crippen molar-refractivity contribution < 1.29 is 9.90 Å². The summed E-state index contributed by atoms with van der Waals surface area (Å²) in [5, 5.41) is 8.50. The molecule has 0 saturated carbocycles. The van der Waals surface area contributed by atoms with E-state index in [-0.39, 0.29) is 12.4 Å². The molecule has 0 bridgehead atoms. The zero-order valence-corrected chi connectivity index (χ0v) is 7.36. The molecule has 68 valence electrons. The standard InChI is InChI=1S/C6H14N2O2.ClH/c1-6(8,5(9)10)3-2-4-7;/h2-4,7-8H2,1H3,(H,9,10);1H/i1-1;. The fourth-order valence-electron chi connectivity index (χ4n) is 0.576. The highest BCUT2D eigenvalue weighted by Gasteiger charge is 2.26. The van der Waals surface area contributed by atoms with Gasteiger partial charge in [0.1, 0.15) is 5.54 Å². The quantitative estimate of drug-likeness (QED) is 0.567. The maximum Gasteiger partial charge on any atom is 0.323 e. The van der Waals surface area contributed by atoms with Crippen LogP contribution in [0.2, 0.25) is 0 Å². The van der Waals surface area contributed by atoms with Crippen molar-refractivity contribution in [2.24, 2.45) is 11.5 Å². The lowest BCUT2D eigenvalue weighted by Crippen LogP contribution is -2.45. The van der Waals surface area contributed by atoms with Gasteiger partial charge in [-0.25, -0.2) is 0 Å². The molecule has 0 spiro atoms. The van der Waals surface area contributed by atoms with Crippen molar-refractivity contribution in [2.75, 3.05) is 6.54 Å².